The molecule has 0 aliphatic carbocycles. The van der Waals surface area contributed by atoms with Gasteiger partial charge in [0, 0.05) is 6.20 Å². The molecule has 0 aliphatic rings. The predicted molar refractivity (Wildman–Crippen MR) is 67.1 cm³/mol. The van der Waals surface area contributed by atoms with Crippen molar-refractivity contribution in [2.45, 2.75) is 13.3 Å². The zero-order chi connectivity index (χ0) is 12.3. The molecule has 6 nitrogen and oxygen atoms in total. The van der Waals surface area contributed by atoms with E-state index in [0.29, 0.717) is 22.9 Å². The van der Waals surface area contributed by atoms with Gasteiger partial charge in [-0.1, -0.05) is 6.92 Å². The Bertz CT molecular complexity index is 513. The molecular weight excluding hydrogens is 286 g/mol. The Morgan fingerprint density at radius 1 is 1.53 bits per heavy atom. The number of hydrogen-bond donors (Lipinski definition) is 1. The lowest BCUT2D eigenvalue weighted by Gasteiger charge is -2.09. The molecule has 2 rings (SSSR count). The summed E-state index contributed by atoms with van der Waals surface area (Å²) < 4.78 is 7.59. The Labute approximate surface area is 107 Å². The van der Waals surface area contributed by atoms with Gasteiger partial charge >= 0.3 is 0 Å². The SMILES string of the molecule is CCCOc1cccnc1-n1nc(N)nc1Br. The molecule has 0 aliphatic heterocycles. The molecule has 0 bridgehead atoms. The van der Waals surface area contributed by atoms with Gasteiger partial charge in [-0.05, 0) is 34.5 Å². The van der Waals surface area contributed by atoms with E-state index >= 15 is 0 Å². The van der Waals surface area contributed by atoms with E-state index in [-0.39, 0.29) is 5.95 Å². The van der Waals surface area contributed by atoms with E-state index in [2.05, 4.69) is 31.0 Å². The zero-order valence-electron chi connectivity index (χ0n) is 9.30. The van der Waals surface area contributed by atoms with Gasteiger partial charge in [0.1, 0.15) is 0 Å². The molecule has 2 N–H and O–H groups in total. The summed E-state index contributed by atoms with van der Waals surface area (Å²) in [6, 6.07) is 3.64. The van der Waals surface area contributed by atoms with Crippen molar-refractivity contribution in [2.75, 3.05) is 12.3 Å². The minimum atomic E-state index is 0.184. The Balaban J connectivity index is 2.40. The van der Waals surface area contributed by atoms with Crippen LogP contribution in [0.2, 0.25) is 0 Å². The van der Waals surface area contributed by atoms with E-state index in [0.717, 1.165) is 6.42 Å². The third-order valence-electron chi connectivity index (χ3n) is 2.00. The van der Waals surface area contributed by atoms with E-state index < -0.39 is 0 Å². The molecule has 0 saturated heterocycles. The summed E-state index contributed by atoms with van der Waals surface area (Å²) >= 11 is 3.27. The first kappa shape index (κ1) is 11.8. The van der Waals surface area contributed by atoms with Crippen molar-refractivity contribution in [3.05, 3.63) is 23.1 Å². The van der Waals surface area contributed by atoms with Gasteiger partial charge in [-0.25, -0.2) is 4.98 Å². The average Bonchev–Trinajstić information content (AvgIpc) is 2.66. The Hall–Kier alpha value is -1.63. The molecule has 0 atom stereocenters. The average molecular weight is 298 g/mol. The third kappa shape index (κ3) is 2.55. The second kappa shape index (κ2) is 5.13. The van der Waals surface area contributed by atoms with E-state index in [4.69, 9.17) is 10.5 Å². The van der Waals surface area contributed by atoms with Gasteiger partial charge in [0.25, 0.3) is 0 Å². The number of rotatable bonds is 4. The van der Waals surface area contributed by atoms with Gasteiger partial charge in [0.05, 0.1) is 6.61 Å². The maximum atomic E-state index is 5.59. The maximum Gasteiger partial charge on any atom is 0.241 e. The Kier molecular flexibility index (Phi) is 3.58. The number of nitrogens with two attached hydrogens (primary N) is 1. The summed E-state index contributed by atoms with van der Waals surface area (Å²) in [6.07, 6.45) is 2.59. The Morgan fingerprint density at radius 3 is 3.00 bits per heavy atom. The molecule has 2 aromatic heterocycles. The Morgan fingerprint density at radius 2 is 2.35 bits per heavy atom. The number of hydrogen-bond acceptors (Lipinski definition) is 5. The zero-order valence-corrected chi connectivity index (χ0v) is 10.9. The standard InChI is InChI=1S/C10H12BrN5O/c1-2-6-17-7-4-3-5-13-8(7)16-9(11)14-10(12)15-16/h3-5H,2,6H2,1H3,(H2,12,15). The van der Waals surface area contributed by atoms with Crippen molar-refractivity contribution in [3.8, 4) is 11.6 Å². The number of nitrogen functional groups attached to an aromatic ring is 1. The highest BCUT2D eigenvalue weighted by molar-refractivity contribution is 9.10. The second-order valence-electron chi connectivity index (χ2n) is 3.32. The molecule has 0 radical (unpaired) electrons. The fourth-order valence-electron chi connectivity index (χ4n) is 1.31. The summed E-state index contributed by atoms with van der Waals surface area (Å²) in [7, 11) is 0. The first-order valence-corrected chi connectivity index (χ1v) is 5.98. The summed E-state index contributed by atoms with van der Waals surface area (Å²) in [5.74, 6) is 1.40. The number of halogens is 1. The number of aromatic nitrogens is 4. The van der Waals surface area contributed by atoms with Crippen molar-refractivity contribution in [1.82, 2.24) is 19.7 Å². The number of pyridine rings is 1. The molecular formula is C10H12BrN5O. The van der Waals surface area contributed by atoms with Crippen molar-refractivity contribution < 1.29 is 4.74 Å². The van der Waals surface area contributed by atoms with Gasteiger partial charge in [-0.2, -0.15) is 9.67 Å². The summed E-state index contributed by atoms with van der Waals surface area (Å²) in [5.41, 5.74) is 5.53. The molecule has 0 amide bonds. The van der Waals surface area contributed by atoms with Crippen LogP contribution in [0.25, 0.3) is 5.82 Å². The largest absolute Gasteiger partial charge is 0.490 e. The highest BCUT2D eigenvalue weighted by atomic mass is 79.9. The van der Waals surface area contributed by atoms with Crippen molar-refractivity contribution >= 4 is 21.9 Å². The molecule has 0 saturated carbocycles. The predicted octanol–water partition coefficient (Wildman–Crippen LogP) is 1.80. The lowest BCUT2D eigenvalue weighted by molar-refractivity contribution is 0.314. The monoisotopic (exact) mass is 297 g/mol. The van der Waals surface area contributed by atoms with Gasteiger partial charge in [0.2, 0.25) is 10.7 Å². The first-order chi connectivity index (χ1) is 8.22. The normalized spacial score (nSPS) is 10.5. The highest BCUT2D eigenvalue weighted by Gasteiger charge is 2.13. The molecule has 0 spiro atoms. The lowest BCUT2D eigenvalue weighted by Crippen LogP contribution is -2.05. The van der Waals surface area contributed by atoms with E-state index in [1.807, 2.05) is 19.1 Å². The quantitative estimate of drug-likeness (QED) is 0.931. The van der Waals surface area contributed by atoms with Gasteiger partial charge in [-0.3, -0.25) is 0 Å². The molecule has 17 heavy (non-hydrogen) atoms. The maximum absolute atomic E-state index is 5.59. The number of nitrogens with zero attached hydrogens (tertiary/aromatic N) is 4. The van der Waals surface area contributed by atoms with E-state index in [9.17, 15) is 0 Å². The van der Waals surface area contributed by atoms with Crippen LogP contribution < -0.4 is 10.5 Å². The third-order valence-corrected chi connectivity index (χ3v) is 2.51. The van der Waals surface area contributed by atoms with Crippen LogP contribution in [0, 0.1) is 0 Å². The molecule has 90 valence electrons. The van der Waals surface area contributed by atoms with Crippen molar-refractivity contribution in [1.29, 1.82) is 0 Å². The molecule has 7 heteroatoms. The molecule has 0 fully saturated rings. The second-order valence-corrected chi connectivity index (χ2v) is 4.03. The van der Waals surface area contributed by atoms with Crippen LogP contribution in [0.1, 0.15) is 13.3 Å². The molecule has 2 heterocycles. The van der Waals surface area contributed by atoms with Crippen molar-refractivity contribution in [3.63, 3.8) is 0 Å². The van der Waals surface area contributed by atoms with Crippen LogP contribution in [-0.4, -0.2) is 26.4 Å². The van der Waals surface area contributed by atoms with Crippen molar-refractivity contribution in [2.24, 2.45) is 0 Å². The smallest absolute Gasteiger partial charge is 0.241 e. The van der Waals surface area contributed by atoms with Crippen LogP contribution in [0.4, 0.5) is 5.95 Å². The fraction of sp³-hybridized carbons (Fsp3) is 0.300. The summed E-state index contributed by atoms with van der Waals surface area (Å²) in [4.78, 5) is 8.19. The molecule has 2 aromatic rings. The highest BCUT2D eigenvalue weighted by Crippen LogP contribution is 2.23. The van der Waals surface area contributed by atoms with E-state index in [1.54, 1.807) is 6.20 Å². The number of anilines is 1. The molecule has 0 unspecified atom stereocenters. The summed E-state index contributed by atoms with van der Waals surface area (Å²) in [5, 5.41) is 4.04. The fourth-order valence-corrected chi connectivity index (χ4v) is 1.74. The van der Waals surface area contributed by atoms with E-state index in [1.165, 1.54) is 4.68 Å². The van der Waals surface area contributed by atoms with Crippen LogP contribution in [-0.2, 0) is 0 Å². The van der Waals surface area contributed by atoms with Gasteiger partial charge < -0.3 is 10.5 Å². The molecule has 0 aromatic carbocycles. The minimum Gasteiger partial charge on any atom is -0.490 e. The number of ether oxygens (including phenoxy) is 1. The van der Waals surface area contributed by atoms with Gasteiger partial charge in [-0.15, -0.1) is 5.10 Å². The topological polar surface area (TPSA) is 78.8 Å². The van der Waals surface area contributed by atoms with Gasteiger partial charge in [0.15, 0.2) is 11.6 Å². The van der Waals surface area contributed by atoms with Crippen LogP contribution in [0.3, 0.4) is 0 Å². The first-order valence-electron chi connectivity index (χ1n) is 5.18. The van der Waals surface area contributed by atoms with Crippen LogP contribution in [0.5, 0.6) is 5.75 Å². The minimum absolute atomic E-state index is 0.184. The lowest BCUT2D eigenvalue weighted by atomic mass is 10.4. The summed E-state index contributed by atoms with van der Waals surface area (Å²) in [6.45, 7) is 2.67. The van der Waals surface area contributed by atoms with Crippen LogP contribution >= 0.6 is 15.9 Å². The van der Waals surface area contributed by atoms with Crippen LogP contribution in [0.15, 0.2) is 23.1 Å².